The molecule has 3 rings (SSSR count). The number of hydrogen-bond acceptors (Lipinski definition) is 1. The lowest BCUT2D eigenvalue weighted by Gasteiger charge is -2.17. The van der Waals surface area contributed by atoms with E-state index in [1.165, 1.54) is 16.5 Å². The maximum Gasteiger partial charge on any atom is 0.129 e. The van der Waals surface area contributed by atoms with E-state index in [0.29, 0.717) is 0 Å². The number of fused-ring (bicyclic) bond motifs is 1. The van der Waals surface area contributed by atoms with E-state index in [1.54, 1.807) is 0 Å². The molecule has 0 saturated heterocycles. The lowest BCUT2D eigenvalue weighted by atomic mass is 9.89. The van der Waals surface area contributed by atoms with Crippen molar-refractivity contribution in [2.24, 2.45) is 0 Å². The van der Waals surface area contributed by atoms with Crippen molar-refractivity contribution < 1.29 is 4.74 Å². The second kappa shape index (κ2) is 6.27. The van der Waals surface area contributed by atoms with Crippen molar-refractivity contribution in [1.82, 2.24) is 4.98 Å². The SMILES string of the molecule is [CH2]CC(c1ccccc1)c1c[nH]c2cccc(OC(C)C)c12. The monoisotopic (exact) mass is 292 g/mol. The molecule has 2 nitrogen and oxygen atoms in total. The number of aromatic amines is 1. The fourth-order valence-corrected chi connectivity index (χ4v) is 2.99. The summed E-state index contributed by atoms with van der Waals surface area (Å²) in [7, 11) is 0. The minimum atomic E-state index is 0.156. The van der Waals surface area contributed by atoms with E-state index in [2.05, 4.69) is 62.3 Å². The molecule has 0 aliphatic heterocycles. The zero-order valence-corrected chi connectivity index (χ0v) is 13.2. The van der Waals surface area contributed by atoms with Gasteiger partial charge in [0.15, 0.2) is 0 Å². The van der Waals surface area contributed by atoms with E-state index < -0.39 is 0 Å². The standard InChI is InChI=1S/C20H22NO/c1-4-16(15-9-6-5-7-10-15)17-13-21-18-11-8-12-19(20(17)18)22-14(2)3/h5-14,16,21H,1,4H2,2-3H3. The molecule has 0 spiro atoms. The molecule has 1 radical (unpaired) electrons. The van der Waals surface area contributed by atoms with Gasteiger partial charge in [-0.25, -0.2) is 0 Å². The Hall–Kier alpha value is -2.22. The van der Waals surface area contributed by atoms with Crippen LogP contribution >= 0.6 is 0 Å². The van der Waals surface area contributed by atoms with Crippen LogP contribution in [-0.4, -0.2) is 11.1 Å². The average Bonchev–Trinajstić information content (AvgIpc) is 2.94. The van der Waals surface area contributed by atoms with Gasteiger partial charge in [-0.05, 0) is 43.5 Å². The molecule has 22 heavy (non-hydrogen) atoms. The largest absolute Gasteiger partial charge is 0.490 e. The Balaban J connectivity index is 2.13. The highest BCUT2D eigenvalue weighted by atomic mass is 16.5. The smallest absolute Gasteiger partial charge is 0.129 e. The Morgan fingerprint density at radius 1 is 1.05 bits per heavy atom. The number of ether oxygens (including phenoxy) is 1. The summed E-state index contributed by atoms with van der Waals surface area (Å²) >= 11 is 0. The topological polar surface area (TPSA) is 25.0 Å². The van der Waals surface area contributed by atoms with Gasteiger partial charge in [-0.3, -0.25) is 0 Å². The van der Waals surface area contributed by atoms with E-state index in [9.17, 15) is 0 Å². The highest BCUT2D eigenvalue weighted by Crippen LogP contribution is 2.37. The summed E-state index contributed by atoms with van der Waals surface area (Å²) in [6, 6.07) is 16.7. The minimum Gasteiger partial charge on any atom is -0.490 e. The Morgan fingerprint density at radius 2 is 1.82 bits per heavy atom. The molecule has 1 aromatic heterocycles. The molecular formula is C20H22NO. The Bertz CT molecular complexity index is 743. The van der Waals surface area contributed by atoms with Crippen LogP contribution in [0, 0.1) is 6.92 Å². The molecule has 113 valence electrons. The molecule has 0 aliphatic rings. The summed E-state index contributed by atoms with van der Waals surface area (Å²) in [5.74, 6) is 1.21. The number of nitrogens with one attached hydrogen (secondary N) is 1. The second-order valence-corrected chi connectivity index (χ2v) is 5.84. The fraction of sp³-hybridized carbons (Fsp3) is 0.250. The zero-order chi connectivity index (χ0) is 15.5. The highest BCUT2D eigenvalue weighted by Gasteiger charge is 2.19. The maximum atomic E-state index is 6.02. The highest BCUT2D eigenvalue weighted by molar-refractivity contribution is 5.90. The first kappa shape index (κ1) is 14.7. The average molecular weight is 292 g/mol. The summed E-state index contributed by atoms with van der Waals surface area (Å²) in [4.78, 5) is 3.38. The van der Waals surface area contributed by atoms with Crippen molar-refractivity contribution in [2.75, 3.05) is 0 Å². The summed E-state index contributed by atoms with van der Waals surface area (Å²) in [6.07, 6.45) is 3.07. The fourth-order valence-electron chi connectivity index (χ4n) is 2.99. The van der Waals surface area contributed by atoms with Crippen LogP contribution in [0.4, 0.5) is 0 Å². The lowest BCUT2D eigenvalue weighted by Crippen LogP contribution is -2.06. The molecule has 0 amide bonds. The van der Waals surface area contributed by atoms with Crippen LogP contribution in [0.3, 0.4) is 0 Å². The third-order valence-electron chi connectivity index (χ3n) is 3.93. The molecule has 2 heteroatoms. The molecule has 3 aromatic rings. The van der Waals surface area contributed by atoms with E-state index >= 15 is 0 Å². The van der Waals surface area contributed by atoms with Gasteiger partial charge in [0, 0.05) is 23.0 Å². The van der Waals surface area contributed by atoms with Gasteiger partial charge in [0.25, 0.3) is 0 Å². The summed E-state index contributed by atoms with van der Waals surface area (Å²) in [6.45, 7) is 8.27. The molecule has 1 unspecified atom stereocenters. The van der Waals surface area contributed by atoms with Gasteiger partial charge < -0.3 is 9.72 Å². The zero-order valence-electron chi connectivity index (χ0n) is 13.2. The van der Waals surface area contributed by atoms with Gasteiger partial charge in [0.1, 0.15) is 5.75 Å². The molecule has 0 bridgehead atoms. The number of hydrogen-bond donors (Lipinski definition) is 1. The van der Waals surface area contributed by atoms with Crippen LogP contribution in [0.15, 0.2) is 54.7 Å². The van der Waals surface area contributed by atoms with Crippen molar-refractivity contribution in [3.63, 3.8) is 0 Å². The van der Waals surface area contributed by atoms with Gasteiger partial charge >= 0.3 is 0 Å². The molecule has 0 fully saturated rings. The normalized spacial score (nSPS) is 12.7. The summed E-state index contributed by atoms with van der Waals surface area (Å²) < 4.78 is 6.02. The Labute approximate surface area is 132 Å². The predicted octanol–water partition coefficient (Wildman–Crippen LogP) is 5.31. The first-order valence-corrected chi connectivity index (χ1v) is 7.81. The van der Waals surface area contributed by atoms with E-state index in [1.807, 2.05) is 18.2 Å². The number of benzene rings is 2. The van der Waals surface area contributed by atoms with Crippen molar-refractivity contribution >= 4 is 10.9 Å². The number of H-pyrrole nitrogens is 1. The van der Waals surface area contributed by atoms with E-state index in [0.717, 1.165) is 17.7 Å². The lowest BCUT2D eigenvalue weighted by molar-refractivity contribution is 0.245. The van der Waals surface area contributed by atoms with Gasteiger partial charge in [-0.1, -0.05) is 43.3 Å². The third-order valence-corrected chi connectivity index (χ3v) is 3.93. The van der Waals surface area contributed by atoms with Crippen molar-refractivity contribution in [1.29, 1.82) is 0 Å². The van der Waals surface area contributed by atoms with E-state index in [-0.39, 0.29) is 12.0 Å². The summed E-state index contributed by atoms with van der Waals surface area (Å²) in [5, 5.41) is 1.17. The molecular weight excluding hydrogens is 270 g/mol. The molecule has 1 atom stereocenters. The molecule has 0 aliphatic carbocycles. The van der Waals surface area contributed by atoms with Gasteiger partial charge in [-0.15, -0.1) is 0 Å². The third kappa shape index (κ3) is 2.74. The van der Waals surface area contributed by atoms with Crippen LogP contribution in [0.25, 0.3) is 10.9 Å². The first-order valence-electron chi connectivity index (χ1n) is 7.81. The molecule has 2 aromatic carbocycles. The Morgan fingerprint density at radius 3 is 2.50 bits per heavy atom. The van der Waals surface area contributed by atoms with Crippen molar-refractivity contribution in [2.45, 2.75) is 32.3 Å². The first-order chi connectivity index (χ1) is 10.7. The van der Waals surface area contributed by atoms with Crippen molar-refractivity contribution in [3.8, 4) is 5.75 Å². The van der Waals surface area contributed by atoms with Gasteiger partial charge in [0.2, 0.25) is 0 Å². The van der Waals surface area contributed by atoms with Gasteiger partial charge in [0.05, 0.1) is 6.10 Å². The van der Waals surface area contributed by atoms with Crippen LogP contribution in [-0.2, 0) is 0 Å². The van der Waals surface area contributed by atoms with E-state index in [4.69, 9.17) is 4.74 Å². The molecule has 1 N–H and O–H groups in total. The number of rotatable bonds is 5. The molecule has 1 heterocycles. The maximum absolute atomic E-state index is 6.02. The quantitative estimate of drug-likeness (QED) is 0.677. The summed E-state index contributed by atoms with van der Waals surface area (Å²) in [5.41, 5.74) is 3.66. The minimum absolute atomic E-state index is 0.156. The van der Waals surface area contributed by atoms with Crippen LogP contribution < -0.4 is 4.74 Å². The predicted molar refractivity (Wildman–Crippen MR) is 92.3 cm³/mol. The Kier molecular flexibility index (Phi) is 4.19. The van der Waals surface area contributed by atoms with Gasteiger partial charge in [-0.2, -0.15) is 0 Å². The number of aromatic nitrogens is 1. The van der Waals surface area contributed by atoms with Crippen LogP contribution in [0.1, 0.15) is 37.3 Å². The van der Waals surface area contributed by atoms with Crippen LogP contribution in [0.5, 0.6) is 5.75 Å². The van der Waals surface area contributed by atoms with Crippen LogP contribution in [0.2, 0.25) is 0 Å². The second-order valence-electron chi connectivity index (χ2n) is 5.84. The van der Waals surface area contributed by atoms with Crippen molar-refractivity contribution in [3.05, 3.63) is 72.8 Å². The molecule has 0 saturated carbocycles.